The first kappa shape index (κ1) is 5.10. The molecule has 0 N–H and O–H groups in total. The molecule has 2 unspecified atom stereocenters. The highest BCUT2D eigenvalue weighted by Crippen LogP contribution is 2.26. The lowest BCUT2D eigenvalue weighted by molar-refractivity contribution is 0.363. The first-order valence-corrected chi connectivity index (χ1v) is 3.04. The number of ether oxygens (including phenoxy) is 1. The smallest absolute Gasteiger partial charge is 0.0839 e. The second-order valence-electron chi connectivity index (χ2n) is 2.03. The van der Waals surface area contributed by atoms with Crippen LogP contribution in [0.1, 0.15) is 26.7 Å². The van der Waals surface area contributed by atoms with Crippen molar-refractivity contribution in [3.05, 3.63) is 0 Å². The summed E-state index contributed by atoms with van der Waals surface area (Å²) in [4.78, 5) is 0. The molecule has 0 aromatic carbocycles. The highest BCUT2D eigenvalue weighted by Gasteiger charge is 2.34. The zero-order valence-electron chi connectivity index (χ0n) is 4.98. The SMILES string of the molecule is CCC1OC1CC. The maximum atomic E-state index is 5.22. The van der Waals surface area contributed by atoms with E-state index >= 15 is 0 Å². The van der Waals surface area contributed by atoms with Crippen LogP contribution in [0.3, 0.4) is 0 Å². The monoisotopic (exact) mass is 100 g/mol. The van der Waals surface area contributed by atoms with Crippen LogP contribution in [0, 0.1) is 0 Å². The van der Waals surface area contributed by atoms with E-state index in [0.29, 0.717) is 12.2 Å². The van der Waals surface area contributed by atoms with E-state index in [2.05, 4.69) is 13.8 Å². The standard InChI is InChI=1S/C6H12O/c1-3-5-6(4-2)7-5/h5-6H,3-4H2,1-2H3. The molecule has 0 aromatic rings. The summed E-state index contributed by atoms with van der Waals surface area (Å²) in [5, 5.41) is 0. The van der Waals surface area contributed by atoms with Crippen LogP contribution in [0.25, 0.3) is 0 Å². The summed E-state index contributed by atoms with van der Waals surface area (Å²) in [6.07, 6.45) is 3.62. The van der Waals surface area contributed by atoms with E-state index in [0.717, 1.165) is 0 Å². The van der Waals surface area contributed by atoms with Crippen molar-refractivity contribution in [2.75, 3.05) is 0 Å². The molecule has 1 nitrogen and oxygen atoms in total. The van der Waals surface area contributed by atoms with Gasteiger partial charge in [0.25, 0.3) is 0 Å². The molecular weight excluding hydrogens is 88.1 g/mol. The molecule has 1 aliphatic rings. The Morgan fingerprint density at radius 3 is 1.71 bits per heavy atom. The van der Waals surface area contributed by atoms with Gasteiger partial charge in [0.2, 0.25) is 0 Å². The van der Waals surface area contributed by atoms with Crippen LogP contribution < -0.4 is 0 Å². The Morgan fingerprint density at radius 2 is 1.57 bits per heavy atom. The van der Waals surface area contributed by atoms with Crippen molar-refractivity contribution in [3.63, 3.8) is 0 Å². The molecule has 1 heteroatoms. The molecule has 0 spiro atoms. The molecule has 2 atom stereocenters. The molecule has 0 bridgehead atoms. The summed E-state index contributed by atoms with van der Waals surface area (Å²) < 4.78 is 5.22. The van der Waals surface area contributed by atoms with Gasteiger partial charge in [0.15, 0.2) is 0 Å². The molecule has 1 heterocycles. The van der Waals surface area contributed by atoms with Gasteiger partial charge in [0.05, 0.1) is 12.2 Å². The van der Waals surface area contributed by atoms with Crippen molar-refractivity contribution < 1.29 is 4.74 Å². The highest BCUT2D eigenvalue weighted by atomic mass is 16.6. The molecule has 0 aliphatic carbocycles. The molecule has 1 fully saturated rings. The first-order chi connectivity index (χ1) is 3.38. The summed E-state index contributed by atoms with van der Waals surface area (Å²) in [6, 6.07) is 0. The largest absolute Gasteiger partial charge is 0.370 e. The lowest BCUT2D eigenvalue weighted by atomic mass is 10.2. The fraction of sp³-hybridized carbons (Fsp3) is 1.00. The Balaban J connectivity index is 2.06. The fourth-order valence-electron chi connectivity index (χ4n) is 0.897. The van der Waals surface area contributed by atoms with Crippen molar-refractivity contribution in [2.45, 2.75) is 38.9 Å². The zero-order valence-corrected chi connectivity index (χ0v) is 4.98. The summed E-state index contributed by atoms with van der Waals surface area (Å²) in [5.41, 5.74) is 0. The van der Waals surface area contributed by atoms with Gasteiger partial charge in [-0.1, -0.05) is 13.8 Å². The van der Waals surface area contributed by atoms with Crippen molar-refractivity contribution in [2.24, 2.45) is 0 Å². The second-order valence-corrected chi connectivity index (χ2v) is 2.03. The minimum absolute atomic E-state index is 0.616. The first-order valence-electron chi connectivity index (χ1n) is 3.04. The van der Waals surface area contributed by atoms with E-state index in [1.165, 1.54) is 12.8 Å². The van der Waals surface area contributed by atoms with Gasteiger partial charge in [-0.2, -0.15) is 0 Å². The minimum atomic E-state index is 0.616. The topological polar surface area (TPSA) is 12.5 Å². The molecule has 0 amide bonds. The van der Waals surface area contributed by atoms with Gasteiger partial charge in [-0.3, -0.25) is 0 Å². The maximum absolute atomic E-state index is 5.22. The van der Waals surface area contributed by atoms with E-state index in [1.807, 2.05) is 0 Å². The average molecular weight is 100 g/mol. The lowest BCUT2D eigenvalue weighted by Crippen LogP contribution is -1.87. The second kappa shape index (κ2) is 1.83. The molecule has 0 radical (unpaired) electrons. The van der Waals surface area contributed by atoms with Crippen LogP contribution in [0.2, 0.25) is 0 Å². The van der Waals surface area contributed by atoms with Gasteiger partial charge in [0.1, 0.15) is 0 Å². The fourth-order valence-corrected chi connectivity index (χ4v) is 0.897. The molecular formula is C6H12O. The normalized spacial score (nSPS) is 38.6. The predicted octanol–water partition coefficient (Wildman–Crippen LogP) is 1.57. The quantitative estimate of drug-likeness (QED) is 0.480. The average Bonchev–Trinajstić information content (AvgIpc) is 2.43. The van der Waals surface area contributed by atoms with Gasteiger partial charge in [-0.05, 0) is 12.8 Å². The molecule has 1 aliphatic heterocycles. The van der Waals surface area contributed by atoms with E-state index < -0.39 is 0 Å². The Kier molecular flexibility index (Phi) is 1.33. The summed E-state index contributed by atoms with van der Waals surface area (Å²) in [5.74, 6) is 0. The number of epoxide rings is 1. The molecule has 1 saturated heterocycles. The Hall–Kier alpha value is -0.0400. The number of rotatable bonds is 2. The third-order valence-corrected chi connectivity index (χ3v) is 1.49. The third-order valence-electron chi connectivity index (χ3n) is 1.49. The summed E-state index contributed by atoms with van der Waals surface area (Å²) >= 11 is 0. The van der Waals surface area contributed by atoms with Crippen molar-refractivity contribution >= 4 is 0 Å². The van der Waals surface area contributed by atoms with E-state index in [9.17, 15) is 0 Å². The maximum Gasteiger partial charge on any atom is 0.0839 e. The number of hydrogen-bond acceptors (Lipinski definition) is 1. The zero-order chi connectivity index (χ0) is 5.28. The van der Waals surface area contributed by atoms with Crippen LogP contribution in [0.5, 0.6) is 0 Å². The van der Waals surface area contributed by atoms with Gasteiger partial charge < -0.3 is 4.74 Å². The van der Waals surface area contributed by atoms with Crippen molar-refractivity contribution in [1.29, 1.82) is 0 Å². The Morgan fingerprint density at radius 1 is 1.14 bits per heavy atom. The van der Waals surface area contributed by atoms with Crippen molar-refractivity contribution in [3.8, 4) is 0 Å². The summed E-state index contributed by atoms with van der Waals surface area (Å²) in [6.45, 7) is 4.33. The van der Waals surface area contributed by atoms with E-state index in [-0.39, 0.29) is 0 Å². The molecule has 42 valence electrons. The van der Waals surface area contributed by atoms with Gasteiger partial charge in [0, 0.05) is 0 Å². The Bertz CT molecular complexity index is 53.2. The van der Waals surface area contributed by atoms with E-state index in [4.69, 9.17) is 4.74 Å². The number of hydrogen-bond donors (Lipinski definition) is 0. The molecule has 7 heavy (non-hydrogen) atoms. The Labute approximate surface area is 44.7 Å². The lowest BCUT2D eigenvalue weighted by Gasteiger charge is -1.77. The van der Waals surface area contributed by atoms with Crippen molar-refractivity contribution in [1.82, 2.24) is 0 Å². The van der Waals surface area contributed by atoms with Crippen LogP contribution in [-0.2, 0) is 4.74 Å². The predicted molar refractivity (Wildman–Crippen MR) is 29.2 cm³/mol. The van der Waals surface area contributed by atoms with Gasteiger partial charge in [-0.15, -0.1) is 0 Å². The van der Waals surface area contributed by atoms with Crippen LogP contribution in [0.4, 0.5) is 0 Å². The highest BCUT2D eigenvalue weighted by molar-refractivity contribution is 4.81. The van der Waals surface area contributed by atoms with E-state index in [1.54, 1.807) is 0 Å². The van der Waals surface area contributed by atoms with Crippen LogP contribution in [-0.4, -0.2) is 12.2 Å². The van der Waals surface area contributed by atoms with Gasteiger partial charge in [-0.25, -0.2) is 0 Å². The molecule has 0 saturated carbocycles. The van der Waals surface area contributed by atoms with Crippen LogP contribution in [0.15, 0.2) is 0 Å². The molecule has 1 rings (SSSR count). The third kappa shape index (κ3) is 0.942. The van der Waals surface area contributed by atoms with Gasteiger partial charge >= 0.3 is 0 Å². The minimum Gasteiger partial charge on any atom is -0.370 e. The van der Waals surface area contributed by atoms with Crippen LogP contribution >= 0.6 is 0 Å². The summed E-state index contributed by atoms with van der Waals surface area (Å²) in [7, 11) is 0. The molecule has 0 aromatic heterocycles.